The zero-order chi connectivity index (χ0) is 13.1. The number of hydrogen-bond acceptors (Lipinski definition) is 2. The Bertz CT molecular complexity index is 243. The summed E-state index contributed by atoms with van der Waals surface area (Å²) >= 11 is 0. The van der Waals surface area contributed by atoms with Crippen LogP contribution in [0.3, 0.4) is 0 Å². The second-order valence-corrected chi connectivity index (χ2v) is 6.84. The fourth-order valence-corrected chi connectivity index (χ4v) is 4.21. The van der Waals surface area contributed by atoms with Crippen LogP contribution in [0.5, 0.6) is 0 Å². The molecule has 1 aliphatic carbocycles. The molecule has 2 fully saturated rings. The zero-order valence-electron chi connectivity index (χ0n) is 12.4. The molecule has 0 amide bonds. The largest absolute Gasteiger partial charge is 0.393 e. The summed E-state index contributed by atoms with van der Waals surface area (Å²) in [6.45, 7) is 9.32. The second-order valence-electron chi connectivity index (χ2n) is 6.84. The summed E-state index contributed by atoms with van der Waals surface area (Å²) in [6, 6.07) is 0.775. The van der Waals surface area contributed by atoms with E-state index < -0.39 is 0 Å². The zero-order valence-corrected chi connectivity index (χ0v) is 12.4. The van der Waals surface area contributed by atoms with Crippen molar-refractivity contribution in [2.24, 2.45) is 17.8 Å². The van der Waals surface area contributed by atoms with Crippen LogP contribution in [0, 0.1) is 17.8 Å². The molecule has 1 N–H and O–H groups in total. The van der Waals surface area contributed by atoms with Crippen LogP contribution in [0.4, 0.5) is 0 Å². The van der Waals surface area contributed by atoms with E-state index in [9.17, 15) is 5.11 Å². The lowest BCUT2D eigenvalue weighted by atomic mass is 9.73. The number of aliphatic hydroxyl groups is 1. The molecule has 1 saturated carbocycles. The third-order valence-corrected chi connectivity index (χ3v) is 5.31. The van der Waals surface area contributed by atoms with E-state index >= 15 is 0 Å². The monoisotopic (exact) mass is 253 g/mol. The van der Waals surface area contributed by atoms with E-state index in [2.05, 4.69) is 25.7 Å². The van der Waals surface area contributed by atoms with Crippen molar-refractivity contribution in [1.29, 1.82) is 0 Å². The Morgan fingerprint density at radius 3 is 2.61 bits per heavy atom. The van der Waals surface area contributed by atoms with Crippen LogP contribution < -0.4 is 0 Å². The predicted molar refractivity (Wildman–Crippen MR) is 76.6 cm³/mol. The van der Waals surface area contributed by atoms with Crippen molar-refractivity contribution < 1.29 is 5.11 Å². The molecular formula is C16H31NO. The Hall–Kier alpha value is -0.0800. The fourth-order valence-electron chi connectivity index (χ4n) is 4.21. The molecule has 2 nitrogen and oxygen atoms in total. The standard InChI is InChI=1S/C16H31NO/c1-4-14-7-5-6-8-17(14)11-15-13(3)9-12(2)10-16(15)18/h12-16,18H,4-11H2,1-3H3. The molecule has 0 aromatic heterocycles. The third-order valence-electron chi connectivity index (χ3n) is 5.31. The van der Waals surface area contributed by atoms with Crippen LogP contribution in [-0.4, -0.2) is 35.2 Å². The molecule has 0 bridgehead atoms. The van der Waals surface area contributed by atoms with E-state index in [0.717, 1.165) is 19.0 Å². The van der Waals surface area contributed by atoms with Gasteiger partial charge in [-0.15, -0.1) is 0 Å². The van der Waals surface area contributed by atoms with Crippen LogP contribution >= 0.6 is 0 Å². The van der Waals surface area contributed by atoms with Gasteiger partial charge in [-0.25, -0.2) is 0 Å². The molecular weight excluding hydrogens is 222 g/mol. The summed E-state index contributed by atoms with van der Waals surface area (Å²) in [6.07, 6.45) is 7.63. The van der Waals surface area contributed by atoms with Gasteiger partial charge in [-0.2, -0.15) is 0 Å². The van der Waals surface area contributed by atoms with Crippen LogP contribution in [0.25, 0.3) is 0 Å². The first-order chi connectivity index (χ1) is 8.61. The Kier molecular flexibility index (Phi) is 5.08. The molecule has 2 aliphatic rings. The van der Waals surface area contributed by atoms with Gasteiger partial charge in [0, 0.05) is 18.5 Å². The highest BCUT2D eigenvalue weighted by Gasteiger charge is 2.35. The molecule has 1 saturated heterocycles. The average molecular weight is 253 g/mol. The Balaban J connectivity index is 1.94. The molecule has 2 rings (SSSR count). The van der Waals surface area contributed by atoms with Crippen molar-refractivity contribution in [1.82, 2.24) is 4.90 Å². The van der Waals surface area contributed by atoms with Gasteiger partial charge in [-0.1, -0.05) is 27.2 Å². The van der Waals surface area contributed by atoms with Gasteiger partial charge in [0.05, 0.1) is 6.10 Å². The summed E-state index contributed by atoms with van der Waals surface area (Å²) in [5, 5.41) is 10.4. The molecule has 0 aromatic rings. The summed E-state index contributed by atoms with van der Waals surface area (Å²) in [5.41, 5.74) is 0. The highest BCUT2D eigenvalue weighted by molar-refractivity contribution is 4.87. The van der Waals surface area contributed by atoms with Gasteiger partial charge >= 0.3 is 0 Å². The van der Waals surface area contributed by atoms with Gasteiger partial charge in [0.1, 0.15) is 0 Å². The van der Waals surface area contributed by atoms with E-state index in [0.29, 0.717) is 17.8 Å². The average Bonchev–Trinajstić information content (AvgIpc) is 2.34. The molecule has 5 unspecified atom stereocenters. The summed E-state index contributed by atoms with van der Waals surface area (Å²) in [7, 11) is 0. The lowest BCUT2D eigenvalue weighted by Gasteiger charge is -2.43. The predicted octanol–water partition coefficient (Wildman–Crippen LogP) is 3.29. The van der Waals surface area contributed by atoms with Crippen molar-refractivity contribution in [2.75, 3.05) is 13.1 Å². The van der Waals surface area contributed by atoms with Crippen molar-refractivity contribution >= 4 is 0 Å². The maximum Gasteiger partial charge on any atom is 0.0585 e. The minimum atomic E-state index is -0.0665. The SMILES string of the molecule is CCC1CCCCN1CC1C(C)CC(C)CC1O. The molecule has 2 heteroatoms. The minimum absolute atomic E-state index is 0.0665. The van der Waals surface area contributed by atoms with Crippen molar-refractivity contribution in [3.05, 3.63) is 0 Å². The highest BCUT2D eigenvalue weighted by atomic mass is 16.3. The van der Waals surface area contributed by atoms with E-state index in [-0.39, 0.29) is 6.10 Å². The van der Waals surface area contributed by atoms with Gasteiger partial charge in [-0.3, -0.25) is 0 Å². The Morgan fingerprint density at radius 1 is 1.17 bits per heavy atom. The van der Waals surface area contributed by atoms with Gasteiger partial charge in [0.15, 0.2) is 0 Å². The van der Waals surface area contributed by atoms with E-state index in [4.69, 9.17) is 0 Å². The molecule has 1 aliphatic heterocycles. The Labute approximate surface area is 113 Å². The van der Waals surface area contributed by atoms with Crippen LogP contribution in [-0.2, 0) is 0 Å². The first-order valence-electron chi connectivity index (χ1n) is 8.04. The summed E-state index contributed by atoms with van der Waals surface area (Å²) in [5.74, 6) is 1.89. The molecule has 0 radical (unpaired) electrons. The second kappa shape index (κ2) is 6.38. The number of piperidine rings is 1. The topological polar surface area (TPSA) is 23.5 Å². The number of rotatable bonds is 3. The lowest BCUT2D eigenvalue weighted by Crippen LogP contribution is -2.47. The van der Waals surface area contributed by atoms with Gasteiger partial charge in [0.25, 0.3) is 0 Å². The van der Waals surface area contributed by atoms with Crippen LogP contribution in [0.1, 0.15) is 59.3 Å². The first-order valence-corrected chi connectivity index (χ1v) is 8.04. The molecule has 1 heterocycles. The normalized spacial score (nSPS) is 43.0. The van der Waals surface area contributed by atoms with Crippen molar-refractivity contribution in [2.45, 2.75) is 71.4 Å². The molecule has 5 atom stereocenters. The summed E-state index contributed by atoms with van der Waals surface area (Å²) in [4.78, 5) is 2.67. The Morgan fingerprint density at radius 2 is 1.94 bits per heavy atom. The van der Waals surface area contributed by atoms with Crippen LogP contribution in [0.2, 0.25) is 0 Å². The molecule has 18 heavy (non-hydrogen) atoms. The maximum absolute atomic E-state index is 10.4. The number of nitrogens with zero attached hydrogens (tertiary/aromatic N) is 1. The quantitative estimate of drug-likeness (QED) is 0.834. The van der Waals surface area contributed by atoms with E-state index in [1.54, 1.807) is 0 Å². The van der Waals surface area contributed by atoms with Crippen LogP contribution in [0.15, 0.2) is 0 Å². The van der Waals surface area contributed by atoms with Crippen molar-refractivity contribution in [3.63, 3.8) is 0 Å². The highest BCUT2D eigenvalue weighted by Crippen LogP contribution is 2.35. The number of likely N-dealkylation sites (tertiary alicyclic amines) is 1. The van der Waals surface area contributed by atoms with Gasteiger partial charge < -0.3 is 10.0 Å². The number of hydrogen-bond donors (Lipinski definition) is 1. The molecule has 106 valence electrons. The van der Waals surface area contributed by atoms with E-state index in [1.807, 2.05) is 0 Å². The van der Waals surface area contributed by atoms with E-state index in [1.165, 1.54) is 38.6 Å². The number of aliphatic hydroxyl groups excluding tert-OH is 1. The van der Waals surface area contributed by atoms with Gasteiger partial charge in [0.2, 0.25) is 0 Å². The maximum atomic E-state index is 10.4. The van der Waals surface area contributed by atoms with Crippen molar-refractivity contribution in [3.8, 4) is 0 Å². The first kappa shape index (κ1) is 14.3. The fraction of sp³-hybridized carbons (Fsp3) is 1.00. The summed E-state index contributed by atoms with van der Waals surface area (Å²) < 4.78 is 0. The smallest absolute Gasteiger partial charge is 0.0585 e. The van der Waals surface area contributed by atoms with Gasteiger partial charge in [-0.05, 0) is 50.5 Å². The lowest BCUT2D eigenvalue weighted by molar-refractivity contribution is -0.0146. The third kappa shape index (κ3) is 3.27. The minimum Gasteiger partial charge on any atom is -0.393 e. The molecule has 0 spiro atoms. The molecule has 0 aromatic carbocycles.